The quantitative estimate of drug-likeness (QED) is 0.413. The summed E-state index contributed by atoms with van der Waals surface area (Å²) in [4.78, 5) is 13.7. The number of hydrogen-bond acceptors (Lipinski definition) is 7. The van der Waals surface area contributed by atoms with Gasteiger partial charge in [0.15, 0.2) is 0 Å². The van der Waals surface area contributed by atoms with Crippen LogP contribution in [0.1, 0.15) is 19.4 Å². The van der Waals surface area contributed by atoms with Crippen LogP contribution in [0.4, 0.5) is 10.1 Å². The molecule has 0 saturated carbocycles. The summed E-state index contributed by atoms with van der Waals surface area (Å²) in [7, 11) is 0. The Labute approximate surface area is 172 Å². The van der Waals surface area contributed by atoms with Crippen molar-refractivity contribution in [3.05, 3.63) is 64.8 Å². The SMILES string of the molecule is CCN(CC)c1ccc(/C=C(/Sc2nnc(-c3ccc(F)cc3)o2)C(=O)[O-])cc1. The van der Waals surface area contributed by atoms with Gasteiger partial charge in [-0.25, -0.2) is 4.39 Å². The van der Waals surface area contributed by atoms with Crippen molar-refractivity contribution in [2.24, 2.45) is 0 Å². The van der Waals surface area contributed by atoms with E-state index in [-0.39, 0.29) is 21.8 Å². The molecule has 0 aliphatic rings. The fourth-order valence-electron chi connectivity index (χ4n) is 2.71. The van der Waals surface area contributed by atoms with Crippen molar-refractivity contribution in [1.29, 1.82) is 0 Å². The first-order valence-electron chi connectivity index (χ1n) is 9.05. The minimum atomic E-state index is -1.34. The summed E-state index contributed by atoms with van der Waals surface area (Å²) in [5.41, 5.74) is 2.32. The second kappa shape index (κ2) is 9.38. The Morgan fingerprint density at radius 3 is 2.34 bits per heavy atom. The Kier molecular flexibility index (Phi) is 6.66. The first-order chi connectivity index (χ1) is 14.0. The molecule has 0 amide bonds. The van der Waals surface area contributed by atoms with Crippen molar-refractivity contribution in [3.63, 3.8) is 0 Å². The number of hydrogen-bond donors (Lipinski definition) is 0. The van der Waals surface area contributed by atoms with Gasteiger partial charge < -0.3 is 19.2 Å². The van der Waals surface area contributed by atoms with E-state index in [1.165, 1.54) is 30.3 Å². The third-order valence-corrected chi connectivity index (χ3v) is 5.06. The predicted octanol–water partition coefficient (Wildman–Crippen LogP) is 3.61. The fraction of sp³-hybridized carbons (Fsp3) is 0.190. The molecule has 0 atom stereocenters. The molecule has 0 aliphatic heterocycles. The summed E-state index contributed by atoms with van der Waals surface area (Å²) < 4.78 is 18.5. The van der Waals surface area contributed by atoms with E-state index < -0.39 is 5.97 Å². The number of anilines is 1. The third kappa shape index (κ3) is 5.23. The first kappa shape index (κ1) is 20.6. The van der Waals surface area contributed by atoms with Crippen LogP contribution in [0.25, 0.3) is 17.5 Å². The normalized spacial score (nSPS) is 11.5. The monoisotopic (exact) mass is 412 g/mol. The van der Waals surface area contributed by atoms with Gasteiger partial charge in [-0.05, 0) is 73.6 Å². The molecule has 0 spiro atoms. The van der Waals surface area contributed by atoms with Crippen LogP contribution < -0.4 is 10.0 Å². The molecular formula is C21H19FN3O3S-. The van der Waals surface area contributed by atoms with Crippen molar-refractivity contribution in [1.82, 2.24) is 10.2 Å². The van der Waals surface area contributed by atoms with Crippen molar-refractivity contribution >= 4 is 29.5 Å². The maximum atomic E-state index is 13.0. The Balaban J connectivity index is 1.78. The van der Waals surface area contributed by atoms with Crippen molar-refractivity contribution < 1.29 is 18.7 Å². The molecule has 2 aromatic carbocycles. The van der Waals surface area contributed by atoms with Crippen molar-refractivity contribution in [2.45, 2.75) is 19.1 Å². The third-order valence-electron chi connectivity index (χ3n) is 4.22. The largest absolute Gasteiger partial charge is 0.544 e. The molecule has 1 heterocycles. The molecule has 0 aliphatic carbocycles. The summed E-state index contributed by atoms with van der Waals surface area (Å²) in [6.07, 6.45) is 1.49. The molecule has 8 heteroatoms. The maximum Gasteiger partial charge on any atom is 0.281 e. The van der Waals surface area contributed by atoms with E-state index in [1.54, 1.807) is 0 Å². The van der Waals surface area contributed by atoms with Gasteiger partial charge in [-0.15, -0.1) is 10.2 Å². The highest BCUT2D eigenvalue weighted by atomic mass is 32.2. The average Bonchev–Trinajstić information content (AvgIpc) is 3.18. The number of halogens is 1. The molecule has 0 fully saturated rings. The van der Waals surface area contributed by atoms with E-state index in [9.17, 15) is 14.3 Å². The number of benzene rings is 2. The summed E-state index contributed by atoms with van der Waals surface area (Å²) in [6, 6.07) is 13.1. The van der Waals surface area contributed by atoms with E-state index in [1.807, 2.05) is 24.3 Å². The molecule has 1 aromatic heterocycles. The molecule has 0 bridgehead atoms. The zero-order chi connectivity index (χ0) is 20.8. The zero-order valence-corrected chi connectivity index (χ0v) is 16.8. The second-order valence-corrected chi connectivity index (χ2v) is 7.04. The van der Waals surface area contributed by atoms with Gasteiger partial charge in [0.1, 0.15) is 5.82 Å². The smallest absolute Gasteiger partial charge is 0.281 e. The lowest BCUT2D eigenvalue weighted by atomic mass is 10.2. The lowest BCUT2D eigenvalue weighted by molar-refractivity contribution is -0.298. The molecule has 6 nitrogen and oxygen atoms in total. The van der Waals surface area contributed by atoms with Crippen LogP contribution in [0, 0.1) is 5.82 Å². The number of aliphatic carboxylic acids is 1. The lowest BCUT2D eigenvalue weighted by Gasteiger charge is -2.20. The highest BCUT2D eigenvalue weighted by Gasteiger charge is 2.12. The number of nitrogens with zero attached hydrogens (tertiary/aromatic N) is 3. The first-order valence-corrected chi connectivity index (χ1v) is 9.87. The fourth-order valence-corrected chi connectivity index (χ4v) is 3.37. The Morgan fingerprint density at radius 1 is 1.10 bits per heavy atom. The molecule has 0 saturated heterocycles. The standard InChI is InChI=1S/C21H20FN3O3S/c1-3-25(4-2)17-11-5-14(6-12-17)13-18(20(26)27)29-21-24-23-19(28-21)15-7-9-16(22)10-8-15/h5-13H,3-4H2,1-2H3,(H,26,27)/p-1/b18-13+. The van der Waals surface area contributed by atoms with Gasteiger partial charge in [-0.1, -0.05) is 12.1 Å². The number of thioether (sulfide) groups is 1. The van der Waals surface area contributed by atoms with E-state index in [2.05, 4.69) is 28.9 Å². The van der Waals surface area contributed by atoms with E-state index >= 15 is 0 Å². The number of carboxylic acids is 1. The number of rotatable bonds is 8. The highest BCUT2D eigenvalue weighted by molar-refractivity contribution is 8.03. The van der Waals surface area contributed by atoms with Gasteiger partial charge >= 0.3 is 0 Å². The predicted molar refractivity (Wildman–Crippen MR) is 109 cm³/mol. The van der Waals surface area contributed by atoms with Crippen molar-refractivity contribution in [2.75, 3.05) is 18.0 Å². The minimum absolute atomic E-state index is 0.0551. The minimum Gasteiger partial charge on any atom is -0.544 e. The average molecular weight is 412 g/mol. The van der Waals surface area contributed by atoms with Crippen LogP contribution in [0.5, 0.6) is 0 Å². The van der Waals surface area contributed by atoms with Gasteiger partial charge in [0.05, 0.1) is 5.97 Å². The number of aromatic nitrogens is 2. The van der Waals surface area contributed by atoms with E-state index in [0.29, 0.717) is 11.1 Å². The highest BCUT2D eigenvalue weighted by Crippen LogP contribution is 2.30. The molecule has 0 N–H and O–H groups in total. The van der Waals surface area contributed by atoms with Crippen LogP contribution in [0.2, 0.25) is 0 Å². The topological polar surface area (TPSA) is 82.3 Å². The van der Waals surface area contributed by atoms with Gasteiger partial charge in [-0.3, -0.25) is 0 Å². The lowest BCUT2D eigenvalue weighted by Crippen LogP contribution is -2.23. The van der Waals surface area contributed by atoms with Crippen LogP contribution in [-0.4, -0.2) is 29.3 Å². The van der Waals surface area contributed by atoms with Gasteiger partial charge in [0.2, 0.25) is 5.89 Å². The van der Waals surface area contributed by atoms with Crippen LogP contribution in [0.3, 0.4) is 0 Å². The Bertz CT molecular complexity index is 997. The van der Waals surface area contributed by atoms with E-state index in [0.717, 1.165) is 30.5 Å². The Hall–Kier alpha value is -3.13. The van der Waals surface area contributed by atoms with Crippen LogP contribution >= 0.6 is 11.8 Å². The Morgan fingerprint density at radius 2 is 1.76 bits per heavy atom. The molecule has 0 radical (unpaired) electrons. The number of carbonyl (C=O) groups is 1. The molecular weight excluding hydrogens is 393 g/mol. The summed E-state index contributed by atoms with van der Waals surface area (Å²) in [5, 5.41) is 19.3. The molecule has 29 heavy (non-hydrogen) atoms. The summed E-state index contributed by atoms with van der Waals surface area (Å²) in [5.74, 6) is -1.55. The zero-order valence-electron chi connectivity index (χ0n) is 16.0. The molecule has 3 aromatic rings. The van der Waals surface area contributed by atoms with Crippen LogP contribution in [0.15, 0.2) is 63.1 Å². The van der Waals surface area contributed by atoms with Gasteiger partial charge in [0, 0.05) is 29.2 Å². The van der Waals surface area contributed by atoms with Crippen LogP contribution in [-0.2, 0) is 4.79 Å². The summed E-state index contributed by atoms with van der Waals surface area (Å²) >= 11 is 0.804. The van der Waals surface area contributed by atoms with Gasteiger partial charge in [0.25, 0.3) is 5.22 Å². The maximum absolute atomic E-state index is 13.0. The molecule has 3 rings (SSSR count). The molecule has 0 unspecified atom stereocenters. The number of carbonyl (C=O) groups excluding carboxylic acids is 1. The second-order valence-electron chi connectivity index (χ2n) is 6.04. The van der Waals surface area contributed by atoms with Crippen molar-refractivity contribution in [3.8, 4) is 11.5 Å². The summed E-state index contributed by atoms with van der Waals surface area (Å²) in [6.45, 7) is 5.93. The molecule has 150 valence electrons. The van der Waals surface area contributed by atoms with E-state index in [4.69, 9.17) is 4.42 Å². The number of carboxylic acid groups (broad SMARTS) is 1. The van der Waals surface area contributed by atoms with Gasteiger partial charge in [-0.2, -0.15) is 0 Å².